The molecule has 48 heavy (non-hydrogen) atoms. The van der Waals surface area contributed by atoms with Crippen molar-refractivity contribution >= 4 is 34.2 Å². The Balaban J connectivity index is 1.26. The average Bonchev–Trinajstić information content (AvgIpc) is 3.29. The molecule has 3 nitrogen and oxygen atoms in total. The number of hydrogen-bond acceptors (Lipinski definition) is 2. The minimum Gasteiger partial charge on any atom is -0.309 e. The topological polar surface area (TPSA) is 30.7 Å². The zero-order chi connectivity index (χ0) is 32.8. The molecule has 6 aromatic rings. The van der Waals surface area contributed by atoms with E-state index in [1.807, 2.05) is 67.6 Å². The number of rotatable bonds is 6. The molecule has 3 heteroatoms. The van der Waals surface area contributed by atoms with Crippen LogP contribution < -0.4 is 0 Å². The first-order valence-corrected chi connectivity index (χ1v) is 16.6. The third kappa shape index (κ3) is 5.00. The van der Waals surface area contributed by atoms with Crippen LogP contribution in [0.2, 0.25) is 0 Å². The van der Waals surface area contributed by atoms with Crippen molar-refractivity contribution in [3.8, 4) is 28.3 Å². The summed E-state index contributed by atoms with van der Waals surface area (Å²) in [5.74, 6) is 0.684. The summed E-state index contributed by atoms with van der Waals surface area (Å²) in [5.41, 5.74) is 14.9. The second-order valence-electron chi connectivity index (χ2n) is 13.1. The van der Waals surface area contributed by atoms with Gasteiger partial charge in [0.25, 0.3) is 0 Å². The van der Waals surface area contributed by atoms with Crippen LogP contribution in [-0.2, 0) is 5.41 Å². The Bertz CT molecular complexity index is 2340. The van der Waals surface area contributed by atoms with Gasteiger partial charge in [-0.25, -0.2) is 9.97 Å². The van der Waals surface area contributed by atoms with Crippen molar-refractivity contribution in [3.63, 3.8) is 0 Å². The van der Waals surface area contributed by atoms with Crippen LogP contribution in [0.25, 0.3) is 62.5 Å². The van der Waals surface area contributed by atoms with Crippen LogP contribution in [0.4, 0.5) is 0 Å². The van der Waals surface area contributed by atoms with Crippen LogP contribution in [0.3, 0.4) is 0 Å². The van der Waals surface area contributed by atoms with Gasteiger partial charge in [-0.1, -0.05) is 141 Å². The molecule has 2 aliphatic rings. The lowest BCUT2D eigenvalue weighted by molar-refractivity contribution is 0.604. The molecule has 2 bridgehead atoms. The molecule has 0 N–H and O–H groups in total. The highest BCUT2D eigenvalue weighted by atomic mass is 15.0. The first kappa shape index (κ1) is 29.6. The lowest BCUT2D eigenvalue weighted by Gasteiger charge is -2.36. The molecule has 0 aliphatic heterocycles. The summed E-state index contributed by atoms with van der Waals surface area (Å²) < 4.78 is 2.42. The minimum absolute atomic E-state index is 0.0385. The van der Waals surface area contributed by atoms with Gasteiger partial charge in [0.15, 0.2) is 5.82 Å². The fraction of sp³-hybridized carbons (Fsp3) is 0.111. The van der Waals surface area contributed by atoms with Gasteiger partial charge in [0, 0.05) is 33.2 Å². The normalized spacial score (nSPS) is 14.8. The van der Waals surface area contributed by atoms with Gasteiger partial charge in [-0.3, -0.25) is 0 Å². The molecule has 2 aromatic heterocycles. The molecule has 0 radical (unpaired) electrons. The third-order valence-electron chi connectivity index (χ3n) is 9.82. The molecule has 0 atom stereocenters. The van der Waals surface area contributed by atoms with E-state index < -0.39 is 0 Å². The summed E-state index contributed by atoms with van der Waals surface area (Å²) in [6.07, 6.45) is 13.8. The highest BCUT2D eigenvalue weighted by Crippen LogP contribution is 2.50. The third-order valence-corrected chi connectivity index (χ3v) is 9.82. The van der Waals surface area contributed by atoms with Crippen LogP contribution >= 0.6 is 0 Å². The summed E-state index contributed by atoms with van der Waals surface area (Å²) in [7, 11) is 0. The Hall–Kier alpha value is -5.80. The second-order valence-corrected chi connectivity index (χ2v) is 13.1. The zero-order valence-electron chi connectivity index (χ0n) is 27.6. The smallest absolute Gasteiger partial charge is 0.160 e. The number of nitrogens with zero attached hydrogens (tertiary/aromatic N) is 3. The monoisotopic (exact) mass is 619 g/mol. The number of aromatic nitrogens is 3. The Morgan fingerprint density at radius 3 is 2.35 bits per heavy atom. The Kier molecular flexibility index (Phi) is 7.26. The summed E-state index contributed by atoms with van der Waals surface area (Å²) >= 11 is 0. The molecule has 0 unspecified atom stereocenters. The van der Waals surface area contributed by atoms with Crippen molar-refractivity contribution in [1.29, 1.82) is 0 Å². The number of fused-ring (bicyclic) bond motifs is 7. The lowest BCUT2D eigenvalue weighted by atomic mass is 9.67. The first-order chi connectivity index (χ1) is 23.4. The van der Waals surface area contributed by atoms with Crippen LogP contribution in [0.1, 0.15) is 55.3 Å². The summed E-state index contributed by atoms with van der Waals surface area (Å²) in [5, 5.41) is 1.27. The highest BCUT2D eigenvalue weighted by molar-refractivity contribution is 6.01. The lowest BCUT2D eigenvalue weighted by Crippen LogP contribution is -2.25. The number of hydrogen-bond donors (Lipinski definition) is 0. The van der Waals surface area contributed by atoms with Gasteiger partial charge in [0.05, 0.1) is 22.6 Å². The molecule has 0 amide bonds. The predicted molar refractivity (Wildman–Crippen MR) is 203 cm³/mol. The molecular weight excluding hydrogens is 583 g/mol. The standard InChI is InChI=1S/C45H37N3/c1-5-6-8-15-30(2)40-29-41(47-44(46-40)32-16-9-7-10-17-32)31-22-24-35(25-23-31)48-42-21-14-12-19-37(42)38-28-34-26-33(27-43(38)48)36-18-11-13-20-39(36)45(34,3)4/h5-25,27-29H,2,26H2,1,3-4H3/b6-5-,15-8-. The molecule has 8 rings (SSSR count). The van der Waals surface area contributed by atoms with Crippen molar-refractivity contribution in [1.82, 2.24) is 14.5 Å². The fourth-order valence-corrected chi connectivity index (χ4v) is 7.18. The highest BCUT2D eigenvalue weighted by Gasteiger charge is 2.36. The van der Waals surface area contributed by atoms with E-state index in [9.17, 15) is 0 Å². The van der Waals surface area contributed by atoms with E-state index in [0.29, 0.717) is 5.82 Å². The van der Waals surface area contributed by atoms with Crippen LogP contribution in [0.15, 0.2) is 146 Å². The summed E-state index contributed by atoms with van der Waals surface area (Å²) in [6.45, 7) is 11.0. The molecule has 0 spiro atoms. The predicted octanol–water partition coefficient (Wildman–Crippen LogP) is 11.5. The van der Waals surface area contributed by atoms with E-state index in [1.54, 1.807) is 0 Å². The quantitative estimate of drug-likeness (QED) is 0.174. The summed E-state index contributed by atoms with van der Waals surface area (Å²) in [4.78, 5) is 9.94. The largest absolute Gasteiger partial charge is 0.309 e. The van der Waals surface area contributed by atoms with Crippen LogP contribution in [-0.4, -0.2) is 14.5 Å². The maximum atomic E-state index is 5.03. The molecule has 4 aromatic carbocycles. The Labute approximate surface area is 282 Å². The maximum Gasteiger partial charge on any atom is 0.160 e. The van der Waals surface area contributed by atoms with E-state index in [2.05, 4.69) is 110 Å². The fourth-order valence-electron chi connectivity index (χ4n) is 7.18. The van der Waals surface area contributed by atoms with Gasteiger partial charge in [-0.15, -0.1) is 0 Å². The van der Waals surface area contributed by atoms with Gasteiger partial charge >= 0.3 is 0 Å². The Morgan fingerprint density at radius 2 is 1.54 bits per heavy atom. The Morgan fingerprint density at radius 1 is 0.792 bits per heavy atom. The van der Waals surface area contributed by atoms with E-state index in [1.165, 1.54) is 44.4 Å². The number of benzene rings is 4. The van der Waals surface area contributed by atoms with Crippen molar-refractivity contribution in [2.45, 2.75) is 32.6 Å². The van der Waals surface area contributed by atoms with Gasteiger partial charge in [0.2, 0.25) is 0 Å². The van der Waals surface area contributed by atoms with Gasteiger partial charge in [-0.05, 0) is 66.0 Å². The van der Waals surface area contributed by atoms with Crippen LogP contribution in [0.5, 0.6) is 0 Å². The van der Waals surface area contributed by atoms with E-state index in [0.717, 1.165) is 40.2 Å². The molecule has 2 aliphatic carbocycles. The van der Waals surface area contributed by atoms with Gasteiger partial charge in [-0.2, -0.15) is 0 Å². The van der Waals surface area contributed by atoms with Gasteiger partial charge in [0.1, 0.15) is 0 Å². The van der Waals surface area contributed by atoms with E-state index >= 15 is 0 Å². The zero-order valence-corrected chi connectivity index (χ0v) is 27.6. The molecule has 0 fully saturated rings. The molecule has 232 valence electrons. The molecule has 0 saturated heterocycles. The summed E-state index contributed by atoms with van der Waals surface area (Å²) in [6, 6.07) is 38.7. The van der Waals surface area contributed by atoms with Gasteiger partial charge < -0.3 is 4.57 Å². The maximum absolute atomic E-state index is 5.03. The average molecular weight is 620 g/mol. The van der Waals surface area contributed by atoms with E-state index in [4.69, 9.17) is 9.97 Å². The first-order valence-electron chi connectivity index (χ1n) is 16.6. The minimum atomic E-state index is -0.0385. The van der Waals surface area contributed by atoms with Crippen molar-refractivity contribution in [2.24, 2.45) is 0 Å². The molecule has 2 heterocycles. The number of para-hydroxylation sites is 1. The van der Waals surface area contributed by atoms with Crippen LogP contribution in [0, 0.1) is 0 Å². The SMILES string of the molecule is C=C(/C=C\C=C/C)c1cc(-c2ccc(-n3c4c(c5ccccc53)C=C3CC(=C4)c4ccccc4C3(C)C)cc2)nc(-c2ccccc2)n1. The molecular formula is C45H37N3. The van der Waals surface area contributed by atoms with Crippen molar-refractivity contribution < 1.29 is 0 Å². The second kappa shape index (κ2) is 11.8. The van der Waals surface area contributed by atoms with Crippen molar-refractivity contribution in [2.75, 3.05) is 0 Å². The number of allylic oxidation sites excluding steroid dienone is 7. The van der Waals surface area contributed by atoms with E-state index in [-0.39, 0.29) is 5.41 Å². The van der Waals surface area contributed by atoms with Crippen molar-refractivity contribution in [3.05, 3.63) is 174 Å². The molecule has 0 saturated carbocycles.